The summed E-state index contributed by atoms with van der Waals surface area (Å²) in [4.78, 5) is 5.35. The summed E-state index contributed by atoms with van der Waals surface area (Å²) in [6, 6.07) is 68.6. The molecule has 0 atom stereocenters. The largest absolute Gasteiger partial charge is 0.405 e. The normalized spacial score (nSPS) is 13.6. The van der Waals surface area contributed by atoms with E-state index in [9.17, 15) is 0 Å². The van der Waals surface area contributed by atoms with Crippen LogP contribution in [-0.4, -0.2) is 10.3 Å². The number of rotatable bonds is 7. The van der Waals surface area contributed by atoms with Gasteiger partial charge in [0, 0.05) is 36.5 Å². The van der Waals surface area contributed by atoms with Crippen molar-refractivity contribution in [3.63, 3.8) is 0 Å². The molecule has 2 aromatic heterocycles. The molecule has 0 saturated heterocycles. The number of aromatic nitrogens is 1. The molecule has 11 rings (SSSR count). The molecule has 0 spiro atoms. The number of hydrogen-bond acceptors (Lipinski definition) is 3. The van der Waals surface area contributed by atoms with Crippen LogP contribution < -0.4 is 5.73 Å². The van der Waals surface area contributed by atoms with Crippen LogP contribution in [0.2, 0.25) is 0 Å². The second-order valence-corrected chi connectivity index (χ2v) is 15.8. The molecule has 3 nitrogen and oxygen atoms in total. The number of para-hydroxylation sites is 1. The molecule has 57 heavy (non-hydrogen) atoms. The van der Waals surface area contributed by atoms with E-state index in [1.165, 1.54) is 69.9 Å². The SMILES string of the molecule is N/C=C\C(=N/Cn1c2ccccc2c2ccc(C3(c4ccccc4)c4ccccc4-c4ccccc43)cc21)c1cccc(-c2cccc3c2sc2ccccc23)c1. The van der Waals surface area contributed by atoms with E-state index in [-0.39, 0.29) is 0 Å². The monoisotopic (exact) mass is 747 g/mol. The fraction of sp³-hybridized carbons (Fsp3) is 0.0377. The Kier molecular flexibility index (Phi) is 7.80. The molecule has 0 aliphatic heterocycles. The summed E-state index contributed by atoms with van der Waals surface area (Å²) >= 11 is 1.85. The van der Waals surface area contributed by atoms with E-state index in [0.717, 1.165) is 27.9 Å². The van der Waals surface area contributed by atoms with Crippen molar-refractivity contribution < 1.29 is 0 Å². The van der Waals surface area contributed by atoms with Crippen LogP contribution in [0.3, 0.4) is 0 Å². The van der Waals surface area contributed by atoms with E-state index in [4.69, 9.17) is 10.7 Å². The first-order valence-electron chi connectivity index (χ1n) is 19.4. The van der Waals surface area contributed by atoms with Gasteiger partial charge in [0.15, 0.2) is 0 Å². The molecule has 2 heterocycles. The van der Waals surface area contributed by atoms with Gasteiger partial charge in [0.05, 0.1) is 22.2 Å². The molecule has 0 radical (unpaired) electrons. The molecule has 270 valence electrons. The minimum absolute atomic E-state index is 0.425. The van der Waals surface area contributed by atoms with Crippen LogP contribution in [-0.2, 0) is 12.1 Å². The zero-order chi connectivity index (χ0) is 37.9. The lowest BCUT2D eigenvalue weighted by Crippen LogP contribution is -2.28. The van der Waals surface area contributed by atoms with Crippen molar-refractivity contribution in [1.29, 1.82) is 0 Å². The number of benzene rings is 8. The summed E-state index contributed by atoms with van der Waals surface area (Å²) in [5.41, 5.74) is 19.9. The Morgan fingerprint density at radius 3 is 2.00 bits per heavy atom. The zero-order valence-corrected chi connectivity index (χ0v) is 32.0. The van der Waals surface area contributed by atoms with Gasteiger partial charge in [0.1, 0.15) is 6.67 Å². The van der Waals surface area contributed by atoms with Crippen molar-refractivity contribution >= 4 is 59.0 Å². The maximum atomic E-state index is 6.13. The number of aliphatic imine (C=N–C) groups is 1. The number of hydrogen-bond donors (Lipinski definition) is 1. The Labute approximate surface area is 335 Å². The highest BCUT2D eigenvalue weighted by Crippen LogP contribution is 2.56. The summed E-state index contributed by atoms with van der Waals surface area (Å²) in [5, 5.41) is 5.01. The van der Waals surface area contributed by atoms with E-state index >= 15 is 0 Å². The van der Waals surface area contributed by atoms with Crippen molar-refractivity contribution in [3.8, 4) is 22.3 Å². The molecule has 0 bridgehead atoms. The van der Waals surface area contributed by atoms with Crippen molar-refractivity contribution in [2.24, 2.45) is 10.7 Å². The number of nitrogens with zero attached hydrogens (tertiary/aromatic N) is 2. The molecule has 4 heteroatoms. The molecule has 10 aromatic rings. The van der Waals surface area contributed by atoms with Crippen LogP contribution in [0.15, 0.2) is 205 Å². The van der Waals surface area contributed by atoms with E-state index < -0.39 is 5.41 Å². The van der Waals surface area contributed by atoms with Crippen LogP contribution >= 0.6 is 11.3 Å². The summed E-state index contributed by atoms with van der Waals surface area (Å²) in [6.45, 7) is 0.425. The highest BCUT2D eigenvalue weighted by molar-refractivity contribution is 7.26. The lowest BCUT2D eigenvalue weighted by Gasteiger charge is -2.34. The van der Waals surface area contributed by atoms with Crippen LogP contribution in [0.1, 0.15) is 27.8 Å². The molecule has 1 aliphatic carbocycles. The topological polar surface area (TPSA) is 43.3 Å². The van der Waals surface area contributed by atoms with Crippen LogP contribution in [0, 0.1) is 0 Å². The predicted molar refractivity (Wildman–Crippen MR) is 241 cm³/mol. The lowest BCUT2D eigenvalue weighted by molar-refractivity contribution is 0.763. The average Bonchev–Trinajstić information content (AvgIpc) is 3.92. The third-order valence-electron chi connectivity index (χ3n) is 11.9. The summed E-state index contributed by atoms with van der Waals surface area (Å²) in [6.07, 6.45) is 3.52. The third kappa shape index (κ3) is 5.08. The third-order valence-corrected chi connectivity index (χ3v) is 13.1. The maximum Gasteiger partial charge on any atom is 0.115 e. The lowest BCUT2D eigenvalue weighted by atomic mass is 9.67. The number of fused-ring (bicyclic) bond motifs is 9. The molecule has 0 amide bonds. The van der Waals surface area contributed by atoms with Gasteiger partial charge in [-0.25, -0.2) is 0 Å². The molecule has 0 fully saturated rings. The first-order valence-corrected chi connectivity index (χ1v) is 20.3. The second-order valence-electron chi connectivity index (χ2n) is 14.8. The van der Waals surface area contributed by atoms with Crippen molar-refractivity contribution in [2.45, 2.75) is 12.1 Å². The molecule has 8 aromatic carbocycles. The summed E-state index contributed by atoms with van der Waals surface area (Å²) in [7, 11) is 0. The second kappa shape index (κ2) is 13.3. The Morgan fingerprint density at radius 1 is 0.544 bits per heavy atom. The number of nitrogens with two attached hydrogens (primary N) is 1. The van der Waals surface area contributed by atoms with Gasteiger partial charge in [-0.15, -0.1) is 11.3 Å². The van der Waals surface area contributed by atoms with Gasteiger partial charge >= 0.3 is 0 Å². The first kappa shape index (κ1) is 33.3. The summed E-state index contributed by atoms with van der Waals surface area (Å²) in [5.74, 6) is 0. The van der Waals surface area contributed by atoms with Crippen molar-refractivity contribution in [3.05, 3.63) is 228 Å². The van der Waals surface area contributed by atoms with Crippen LogP contribution in [0.5, 0.6) is 0 Å². The van der Waals surface area contributed by atoms with Gasteiger partial charge in [-0.3, -0.25) is 4.99 Å². The Hall–Kier alpha value is -7.01. The van der Waals surface area contributed by atoms with Gasteiger partial charge in [-0.1, -0.05) is 164 Å². The van der Waals surface area contributed by atoms with E-state index in [1.54, 1.807) is 6.20 Å². The van der Waals surface area contributed by atoms with Gasteiger partial charge in [-0.2, -0.15) is 0 Å². The van der Waals surface area contributed by atoms with Gasteiger partial charge < -0.3 is 10.3 Å². The van der Waals surface area contributed by atoms with Gasteiger partial charge in [0.25, 0.3) is 0 Å². The van der Waals surface area contributed by atoms with Crippen LogP contribution in [0.25, 0.3) is 64.2 Å². The summed E-state index contributed by atoms with van der Waals surface area (Å²) < 4.78 is 4.96. The standard InChI is InChI=1S/C53H37N3S/c54-31-30-48(36-15-12-14-35(32-36)39-22-13-23-45-44-21-7-11-27-51(44)57-52(39)45)55-34-56-49-26-10-6-20-42(49)43-29-28-38(33-50(43)56)53(37-16-2-1-3-17-37)46-24-8-4-18-40(46)41-19-5-9-25-47(41)53/h1-33H,34,54H2/b31-30-,55-48+. The maximum absolute atomic E-state index is 6.13. The van der Waals surface area contributed by atoms with E-state index in [2.05, 4.69) is 193 Å². The smallest absolute Gasteiger partial charge is 0.115 e. The Bertz CT molecular complexity index is 3190. The van der Waals surface area contributed by atoms with Gasteiger partial charge in [-0.05, 0) is 81.0 Å². The Morgan fingerprint density at radius 2 is 1.19 bits per heavy atom. The fourth-order valence-corrected chi connectivity index (χ4v) is 10.7. The molecular formula is C53H37N3S. The molecule has 0 unspecified atom stereocenters. The highest BCUT2D eigenvalue weighted by Gasteiger charge is 2.46. The zero-order valence-electron chi connectivity index (χ0n) is 31.1. The quantitative estimate of drug-likeness (QED) is 0.162. The predicted octanol–water partition coefficient (Wildman–Crippen LogP) is 13.1. The minimum atomic E-state index is -0.488. The Balaban J connectivity index is 1.07. The van der Waals surface area contributed by atoms with E-state index in [1.807, 2.05) is 17.4 Å². The van der Waals surface area contributed by atoms with Crippen LogP contribution in [0.4, 0.5) is 0 Å². The molecular weight excluding hydrogens is 711 g/mol. The fourth-order valence-electron chi connectivity index (χ4n) is 9.45. The number of allylic oxidation sites excluding steroid dienone is 1. The minimum Gasteiger partial charge on any atom is -0.405 e. The van der Waals surface area contributed by atoms with Gasteiger partial charge in [0.2, 0.25) is 0 Å². The highest BCUT2D eigenvalue weighted by atomic mass is 32.1. The van der Waals surface area contributed by atoms with Crippen molar-refractivity contribution in [1.82, 2.24) is 4.57 Å². The number of thiophene rings is 1. The molecule has 0 saturated carbocycles. The average molecular weight is 748 g/mol. The molecule has 2 N–H and O–H groups in total. The first-order chi connectivity index (χ1) is 28.2. The van der Waals surface area contributed by atoms with E-state index in [0.29, 0.717) is 6.67 Å². The molecule has 1 aliphatic rings. The van der Waals surface area contributed by atoms with Crippen molar-refractivity contribution in [2.75, 3.05) is 0 Å².